The molecule has 0 heterocycles. The van der Waals surface area contributed by atoms with Crippen LogP contribution in [0.4, 0.5) is 0 Å². The largest absolute Gasteiger partial charge is 0.469 e. The highest BCUT2D eigenvalue weighted by Crippen LogP contribution is 2.23. The number of aryl methyl sites for hydroxylation is 1. The normalized spacial score (nSPS) is 10.2. The maximum atomic E-state index is 11.2. The molecule has 0 aliphatic carbocycles. The number of carbonyl (C=O) groups is 1. The molecule has 0 saturated heterocycles. The van der Waals surface area contributed by atoms with Crippen molar-refractivity contribution in [3.8, 4) is 0 Å². The summed E-state index contributed by atoms with van der Waals surface area (Å²) in [5.74, 6) is 0.420. The molecule has 0 saturated carbocycles. The summed E-state index contributed by atoms with van der Waals surface area (Å²) in [6.45, 7) is 0. The molecule has 4 heteroatoms. The van der Waals surface area contributed by atoms with E-state index in [4.69, 9.17) is 11.6 Å². The molecule has 0 aliphatic rings. The average molecular weight is 306 g/mol. The molecule has 0 aliphatic heterocycles. The summed E-state index contributed by atoms with van der Waals surface area (Å²) >= 11 is 9.18. The lowest BCUT2D eigenvalue weighted by molar-refractivity contribution is -0.139. The van der Waals surface area contributed by atoms with Gasteiger partial charge in [0.05, 0.1) is 13.5 Å². The van der Waals surface area contributed by atoms with E-state index in [9.17, 15) is 4.79 Å². The quantitative estimate of drug-likeness (QED) is 0.616. The number of hydrogen-bond acceptors (Lipinski definition) is 2. The van der Waals surface area contributed by atoms with E-state index in [-0.39, 0.29) is 5.97 Å². The van der Waals surface area contributed by atoms with Crippen molar-refractivity contribution in [3.05, 3.63) is 33.8 Å². The van der Waals surface area contributed by atoms with Gasteiger partial charge >= 0.3 is 5.97 Å². The molecular formula is C12H14BrClO2. The minimum Gasteiger partial charge on any atom is -0.469 e. The van der Waals surface area contributed by atoms with Gasteiger partial charge in [0.2, 0.25) is 0 Å². The Labute approximate surface area is 109 Å². The lowest BCUT2D eigenvalue weighted by atomic mass is 10.0. The summed E-state index contributed by atoms with van der Waals surface area (Å²) in [4.78, 5) is 11.2. The van der Waals surface area contributed by atoms with Crippen molar-refractivity contribution in [1.82, 2.24) is 0 Å². The number of esters is 1. The zero-order valence-electron chi connectivity index (χ0n) is 9.13. The van der Waals surface area contributed by atoms with Gasteiger partial charge in [-0.25, -0.2) is 0 Å². The molecule has 0 fully saturated rings. The monoisotopic (exact) mass is 304 g/mol. The minimum atomic E-state index is -0.227. The van der Waals surface area contributed by atoms with Crippen LogP contribution in [0, 0.1) is 0 Å². The van der Waals surface area contributed by atoms with E-state index in [2.05, 4.69) is 20.7 Å². The van der Waals surface area contributed by atoms with Crippen LogP contribution >= 0.6 is 27.5 Å². The topological polar surface area (TPSA) is 26.3 Å². The van der Waals surface area contributed by atoms with Gasteiger partial charge in [0.15, 0.2) is 0 Å². The summed E-state index contributed by atoms with van der Waals surface area (Å²) in [7, 11) is 1.40. The number of halogens is 2. The highest BCUT2D eigenvalue weighted by atomic mass is 79.9. The molecule has 88 valence electrons. The number of alkyl halides is 1. The van der Waals surface area contributed by atoms with Crippen LogP contribution in [0.3, 0.4) is 0 Å². The van der Waals surface area contributed by atoms with Crippen molar-refractivity contribution in [2.75, 3.05) is 13.0 Å². The summed E-state index contributed by atoms with van der Waals surface area (Å²) in [6.07, 6.45) is 2.15. The zero-order valence-corrected chi connectivity index (χ0v) is 11.5. The van der Waals surface area contributed by atoms with Crippen LogP contribution in [0.5, 0.6) is 0 Å². The molecule has 0 atom stereocenters. The van der Waals surface area contributed by atoms with Crippen LogP contribution in [-0.4, -0.2) is 19.0 Å². The summed E-state index contributed by atoms with van der Waals surface area (Å²) in [5, 5.41) is 0. The smallest absolute Gasteiger partial charge is 0.310 e. The van der Waals surface area contributed by atoms with Crippen molar-refractivity contribution in [2.45, 2.75) is 19.3 Å². The number of rotatable bonds is 5. The number of hydrogen-bond donors (Lipinski definition) is 0. The molecule has 0 bridgehead atoms. The maximum Gasteiger partial charge on any atom is 0.310 e. The Morgan fingerprint density at radius 1 is 1.44 bits per heavy atom. The van der Waals surface area contributed by atoms with Crippen molar-refractivity contribution in [3.63, 3.8) is 0 Å². The van der Waals surface area contributed by atoms with E-state index in [1.54, 1.807) is 0 Å². The first-order valence-electron chi connectivity index (χ1n) is 5.08. The molecule has 16 heavy (non-hydrogen) atoms. The molecule has 0 N–H and O–H groups in total. The van der Waals surface area contributed by atoms with E-state index in [1.807, 2.05) is 18.2 Å². The van der Waals surface area contributed by atoms with Crippen molar-refractivity contribution in [1.29, 1.82) is 0 Å². The number of benzene rings is 1. The molecule has 1 aromatic rings. The first-order chi connectivity index (χ1) is 7.69. The van der Waals surface area contributed by atoms with Crippen LogP contribution in [0.1, 0.15) is 17.5 Å². The fourth-order valence-electron chi connectivity index (χ4n) is 1.45. The molecule has 0 unspecified atom stereocenters. The van der Waals surface area contributed by atoms with Gasteiger partial charge in [0, 0.05) is 10.4 Å². The van der Waals surface area contributed by atoms with Crippen LogP contribution in [0.15, 0.2) is 22.7 Å². The van der Waals surface area contributed by atoms with E-state index in [0.29, 0.717) is 12.3 Å². The second-order valence-electron chi connectivity index (χ2n) is 3.44. The van der Waals surface area contributed by atoms with E-state index in [0.717, 1.165) is 22.9 Å². The van der Waals surface area contributed by atoms with Gasteiger partial charge in [0.1, 0.15) is 0 Å². The summed E-state index contributed by atoms with van der Waals surface area (Å²) < 4.78 is 5.64. The SMILES string of the molecule is COC(=O)Cc1cccc(CCCCl)c1Br. The highest BCUT2D eigenvalue weighted by Gasteiger charge is 2.09. The second-order valence-corrected chi connectivity index (χ2v) is 4.61. The Balaban J connectivity index is 2.81. The summed E-state index contributed by atoms with van der Waals surface area (Å²) in [6, 6.07) is 5.91. The van der Waals surface area contributed by atoms with E-state index >= 15 is 0 Å². The Kier molecular flexibility index (Phi) is 5.85. The first-order valence-corrected chi connectivity index (χ1v) is 6.40. The maximum absolute atomic E-state index is 11.2. The molecule has 0 aromatic heterocycles. The van der Waals surface area contributed by atoms with E-state index < -0.39 is 0 Å². The average Bonchev–Trinajstić information content (AvgIpc) is 2.30. The minimum absolute atomic E-state index is 0.227. The number of methoxy groups -OCH3 is 1. The van der Waals surface area contributed by atoms with Gasteiger partial charge in [-0.1, -0.05) is 34.1 Å². The third kappa shape index (κ3) is 3.80. The van der Waals surface area contributed by atoms with Gasteiger partial charge < -0.3 is 4.74 Å². The fourth-order valence-corrected chi connectivity index (χ4v) is 2.18. The third-order valence-electron chi connectivity index (χ3n) is 2.30. The van der Waals surface area contributed by atoms with Crippen molar-refractivity contribution >= 4 is 33.5 Å². The molecule has 0 amide bonds. The molecule has 1 aromatic carbocycles. The Morgan fingerprint density at radius 2 is 2.12 bits per heavy atom. The molecular weight excluding hydrogens is 291 g/mol. The highest BCUT2D eigenvalue weighted by molar-refractivity contribution is 9.10. The lowest BCUT2D eigenvalue weighted by Crippen LogP contribution is -2.05. The van der Waals surface area contributed by atoms with Gasteiger partial charge in [-0.2, -0.15) is 0 Å². The van der Waals surface area contributed by atoms with Gasteiger partial charge in [0.25, 0.3) is 0 Å². The Hall–Kier alpha value is -0.540. The molecule has 0 spiro atoms. The Morgan fingerprint density at radius 3 is 2.75 bits per heavy atom. The van der Waals surface area contributed by atoms with Crippen LogP contribution in [0.25, 0.3) is 0 Å². The van der Waals surface area contributed by atoms with Crippen LogP contribution < -0.4 is 0 Å². The van der Waals surface area contributed by atoms with Crippen molar-refractivity contribution < 1.29 is 9.53 Å². The molecule has 0 radical (unpaired) electrons. The zero-order chi connectivity index (χ0) is 12.0. The second kappa shape index (κ2) is 6.92. The standard InChI is InChI=1S/C12H14BrClO2/c1-16-11(15)8-10-5-2-4-9(12(10)13)6-3-7-14/h2,4-5H,3,6-8H2,1H3. The number of ether oxygens (including phenoxy) is 1. The third-order valence-corrected chi connectivity index (χ3v) is 3.59. The number of carbonyl (C=O) groups excluding carboxylic acids is 1. The van der Waals surface area contributed by atoms with Gasteiger partial charge in [-0.05, 0) is 24.0 Å². The van der Waals surface area contributed by atoms with Crippen LogP contribution in [-0.2, 0) is 22.4 Å². The van der Waals surface area contributed by atoms with Crippen molar-refractivity contribution in [2.24, 2.45) is 0 Å². The molecule has 1 rings (SSSR count). The predicted molar refractivity (Wildman–Crippen MR) is 68.9 cm³/mol. The van der Waals surface area contributed by atoms with Crippen LogP contribution in [0.2, 0.25) is 0 Å². The molecule has 2 nitrogen and oxygen atoms in total. The first kappa shape index (κ1) is 13.5. The van der Waals surface area contributed by atoms with E-state index in [1.165, 1.54) is 12.7 Å². The van der Waals surface area contributed by atoms with Gasteiger partial charge in [-0.3, -0.25) is 4.79 Å². The Bertz CT molecular complexity index is 366. The predicted octanol–water partition coefficient (Wildman–Crippen LogP) is 3.34. The lowest BCUT2D eigenvalue weighted by Gasteiger charge is -2.08. The fraction of sp³-hybridized carbons (Fsp3) is 0.417. The van der Waals surface area contributed by atoms with Gasteiger partial charge in [-0.15, -0.1) is 11.6 Å². The summed E-state index contributed by atoms with van der Waals surface area (Å²) in [5.41, 5.74) is 2.14.